The molecule has 27 heavy (non-hydrogen) atoms. The topological polar surface area (TPSA) is 71.3 Å². The highest BCUT2D eigenvalue weighted by Gasteiger charge is 2.33. The molecular formula is C17H22F3N5OS. The second kappa shape index (κ2) is 10.1. The molecule has 0 aromatic carbocycles. The summed E-state index contributed by atoms with van der Waals surface area (Å²) >= 11 is 0.941. The van der Waals surface area contributed by atoms with E-state index in [-0.39, 0.29) is 12.1 Å². The van der Waals surface area contributed by atoms with Gasteiger partial charge in [0.1, 0.15) is 5.01 Å². The third-order valence-electron chi connectivity index (χ3n) is 3.58. The Labute approximate surface area is 159 Å². The van der Waals surface area contributed by atoms with Gasteiger partial charge in [-0.25, -0.2) is 9.98 Å². The summed E-state index contributed by atoms with van der Waals surface area (Å²) in [6.07, 6.45) is -1.04. The number of nitrogens with zero attached hydrogens (tertiary/aromatic N) is 3. The van der Waals surface area contributed by atoms with Crippen molar-refractivity contribution in [3.8, 4) is 0 Å². The van der Waals surface area contributed by atoms with E-state index in [1.807, 2.05) is 13.0 Å². The largest absolute Gasteiger partial charge is 0.434 e. The van der Waals surface area contributed by atoms with Crippen molar-refractivity contribution < 1.29 is 13.2 Å². The molecule has 0 saturated carbocycles. The van der Waals surface area contributed by atoms with Crippen molar-refractivity contribution in [2.45, 2.75) is 39.0 Å². The number of aromatic nitrogens is 2. The Morgan fingerprint density at radius 2 is 2.11 bits per heavy atom. The third-order valence-corrected chi connectivity index (χ3v) is 4.41. The highest BCUT2D eigenvalue weighted by molar-refractivity contribution is 7.09. The minimum Gasteiger partial charge on any atom is -0.357 e. The Balaban J connectivity index is 1.79. The number of guanidine groups is 1. The molecule has 0 aliphatic rings. The van der Waals surface area contributed by atoms with Gasteiger partial charge in [0.15, 0.2) is 11.7 Å². The number of aliphatic imine (C=N–C) groups is 1. The summed E-state index contributed by atoms with van der Waals surface area (Å²) in [6.45, 7) is 3.89. The number of aryl methyl sites for hydroxylation is 1. The lowest BCUT2D eigenvalue weighted by molar-refractivity contribution is -0.140. The van der Waals surface area contributed by atoms with Crippen LogP contribution in [-0.4, -0.2) is 28.6 Å². The molecule has 0 radical (unpaired) electrons. The van der Waals surface area contributed by atoms with Gasteiger partial charge in [-0.2, -0.15) is 13.2 Å². The summed E-state index contributed by atoms with van der Waals surface area (Å²) in [4.78, 5) is 19.4. The van der Waals surface area contributed by atoms with Crippen LogP contribution in [0.25, 0.3) is 0 Å². The van der Waals surface area contributed by atoms with Crippen molar-refractivity contribution >= 4 is 17.3 Å². The fraction of sp³-hybridized carbons (Fsp3) is 0.471. The van der Waals surface area contributed by atoms with Gasteiger partial charge in [0.2, 0.25) is 5.56 Å². The van der Waals surface area contributed by atoms with Gasteiger partial charge in [0, 0.05) is 37.3 Å². The highest BCUT2D eigenvalue weighted by atomic mass is 32.1. The molecular weight excluding hydrogens is 379 g/mol. The molecule has 2 aromatic rings. The maximum absolute atomic E-state index is 12.6. The van der Waals surface area contributed by atoms with Gasteiger partial charge < -0.3 is 15.2 Å². The van der Waals surface area contributed by atoms with Gasteiger partial charge in [-0.05, 0) is 25.8 Å². The molecule has 10 heteroatoms. The Hall–Kier alpha value is -2.36. The van der Waals surface area contributed by atoms with E-state index < -0.39 is 11.9 Å². The van der Waals surface area contributed by atoms with Gasteiger partial charge in [-0.1, -0.05) is 6.07 Å². The normalized spacial score (nSPS) is 12.2. The minimum absolute atomic E-state index is 0.0259. The van der Waals surface area contributed by atoms with Crippen LogP contribution < -0.4 is 16.2 Å². The maximum atomic E-state index is 12.6. The van der Waals surface area contributed by atoms with Crippen LogP contribution in [0.5, 0.6) is 0 Å². The molecule has 0 aliphatic carbocycles. The van der Waals surface area contributed by atoms with Crippen LogP contribution in [0.2, 0.25) is 0 Å². The van der Waals surface area contributed by atoms with Crippen LogP contribution in [0.1, 0.15) is 30.5 Å². The molecule has 0 amide bonds. The maximum Gasteiger partial charge on any atom is 0.434 e. The number of pyridine rings is 1. The van der Waals surface area contributed by atoms with Crippen LogP contribution in [0.3, 0.4) is 0 Å². The van der Waals surface area contributed by atoms with Crippen LogP contribution in [0, 0.1) is 0 Å². The molecule has 6 nitrogen and oxygen atoms in total. The van der Waals surface area contributed by atoms with Crippen molar-refractivity contribution in [2.24, 2.45) is 4.99 Å². The molecule has 2 heterocycles. The molecule has 0 fully saturated rings. The van der Waals surface area contributed by atoms with E-state index in [9.17, 15) is 18.0 Å². The first-order chi connectivity index (χ1) is 12.9. The van der Waals surface area contributed by atoms with Crippen LogP contribution in [0.4, 0.5) is 13.2 Å². The van der Waals surface area contributed by atoms with E-state index in [1.54, 1.807) is 16.8 Å². The number of unbranched alkanes of at least 4 members (excludes halogenated alkanes) is 1. The SMILES string of the molecule is CCNC(=NCc1nc(C(F)(F)F)cs1)NCCCCn1ccccc1=O. The number of thiazole rings is 1. The number of halogens is 3. The average Bonchev–Trinajstić information content (AvgIpc) is 3.10. The predicted octanol–water partition coefficient (Wildman–Crippen LogP) is 2.86. The van der Waals surface area contributed by atoms with Gasteiger partial charge in [0.05, 0.1) is 6.54 Å². The first-order valence-electron chi connectivity index (χ1n) is 8.59. The third kappa shape index (κ3) is 7.05. The lowest BCUT2D eigenvalue weighted by Crippen LogP contribution is -2.37. The number of rotatable bonds is 8. The molecule has 0 atom stereocenters. The number of hydrogen-bond acceptors (Lipinski definition) is 4. The lowest BCUT2D eigenvalue weighted by atomic mass is 10.3. The number of alkyl halides is 3. The number of hydrogen-bond donors (Lipinski definition) is 2. The van der Waals surface area contributed by atoms with Crippen molar-refractivity contribution in [1.82, 2.24) is 20.2 Å². The van der Waals surface area contributed by atoms with Gasteiger partial charge in [-0.15, -0.1) is 11.3 Å². The molecule has 2 aromatic heterocycles. The first-order valence-corrected chi connectivity index (χ1v) is 9.47. The standard InChI is InChI=1S/C17H22F3N5OS/c1-2-21-16(23-11-14-24-13(12-27-14)17(18,19)20)22-8-4-6-10-25-9-5-3-7-15(25)26/h3,5,7,9,12H,2,4,6,8,10-11H2,1H3,(H2,21,22,23). The number of nitrogens with one attached hydrogen (secondary N) is 2. The van der Waals surface area contributed by atoms with Gasteiger partial charge >= 0.3 is 6.18 Å². The van der Waals surface area contributed by atoms with E-state index in [2.05, 4.69) is 20.6 Å². The summed E-state index contributed by atoms with van der Waals surface area (Å²) in [5.41, 5.74) is -0.908. The second-order valence-electron chi connectivity index (χ2n) is 5.69. The van der Waals surface area contributed by atoms with Crippen LogP contribution >= 0.6 is 11.3 Å². The summed E-state index contributed by atoms with van der Waals surface area (Å²) in [7, 11) is 0. The van der Waals surface area contributed by atoms with Crippen molar-refractivity contribution in [3.63, 3.8) is 0 Å². The molecule has 0 bridgehead atoms. The zero-order valence-corrected chi connectivity index (χ0v) is 15.7. The summed E-state index contributed by atoms with van der Waals surface area (Å²) in [5.74, 6) is 0.526. The predicted molar refractivity (Wildman–Crippen MR) is 99.9 cm³/mol. The van der Waals surface area contributed by atoms with Crippen LogP contribution in [0.15, 0.2) is 39.6 Å². The summed E-state index contributed by atoms with van der Waals surface area (Å²) in [6, 6.07) is 5.05. The Morgan fingerprint density at radius 3 is 2.78 bits per heavy atom. The van der Waals surface area contributed by atoms with E-state index >= 15 is 0 Å². The minimum atomic E-state index is -4.43. The zero-order valence-electron chi connectivity index (χ0n) is 14.9. The lowest BCUT2D eigenvalue weighted by Gasteiger charge is -2.11. The zero-order chi connectivity index (χ0) is 19.7. The second-order valence-corrected chi connectivity index (χ2v) is 6.63. The van der Waals surface area contributed by atoms with Crippen molar-refractivity contribution in [2.75, 3.05) is 13.1 Å². The van der Waals surface area contributed by atoms with Crippen LogP contribution in [-0.2, 0) is 19.3 Å². The van der Waals surface area contributed by atoms with Gasteiger partial charge in [-0.3, -0.25) is 4.79 Å². The molecule has 0 spiro atoms. The Morgan fingerprint density at radius 1 is 1.30 bits per heavy atom. The fourth-order valence-corrected chi connectivity index (χ4v) is 2.99. The van der Waals surface area contributed by atoms with E-state index in [4.69, 9.17) is 0 Å². The quantitative estimate of drug-likeness (QED) is 0.405. The van der Waals surface area contributed by atoms with E-state index in [0.29, 0.717) is 30.6 Å². The molecule has 2 N–H and O–H groups in total. The monoisotopic (exact) mass is 401 g/mol. The average molecular weight is 401 g/mol. The highest BCUT2D eigenvalue weighted by Crippen LogP contribution is 2.30. The summed E-state index contributed by atoms with van der Waals surface area (Å²) < 4.78 is 39.4. The molecule has 2 rings (SSSR count). The molecule has 148 valence electrons. The fourth-order valence-electron chi connectivity index (χ4n) is 2.26. The van der Waals surface area contributed by atoms with Gasteiger partial charge in [0.25, 0.3) is 0 Å². The molecule has 0 unspecified atom stereocenters. The summed E-state index contributed by atoms with van der Waals surface area (Å²) in [5, 5.41) is 7.49. The molecule has 0 saturated heterocycles. The Bertz CT molecular complexity index is 800. The van der Waals surface area contributed by atoms with E-state index in [1.165, 1.54) is 6.07 Å². The smallest absolute Gasteiger partial charge is 0.357 e. The van der Waals surface area contributed by atoms with Crippen molar-refractivity contribution in [3.05, 3.63) is 50.8 Å². The first kappa shape index (κ1) is 20.9. The van der Waals surface area contributed by atoms with E-state index in [0.717, 1.165) is 29.6 Å². The van der Waals surface area contributed by atoms with Crippen molar-refractivity contribution in [1.29, 1.82) is 0 Å². The Kier molecular flexibility index (Phi) is 7.83. The molecule has 0 aliphatic heterocycles.